The zero-order valence-corrected chi connectivity index (χ0v) is 16.5. The highest BCUT2D eigenvalue weighted by molar-refractivity contribution is 7.73. The number of fused-ring (bicyclic) bond motifs is 3. The first-order chi connectivity index (χ1) is 13.2. The molecule has 27 heavy (non-hydrogen) atoms. The van der Waals surface area contributed by atoms with Gasteiger partial charge in [0.15, 0.2) is 3.95 Å². The molecule has 2 aliphatic rings. The van der Waals surface area contributed by atoms with Gasteiger partial charge in [0.05, 0.1) is 22.8 Å². The normalized spacial score (nSPS) is 21.1. The maximum atomic E-state index is 10.7. The molecule has 3 aromatic rings. The minimum Gasteiger partial charge on any atom is -0.493 e. The van der Waals surface area contributed by atoms with Crippen LogP contribution in [0.3, 0.4) is 0 Å². The fourth-order valence-corrected chi connectivity index (χ4v) is 5.55. The topological polar surface area (TPSA) is 37.5 Å². The van der Waals surface area contributed by atoms with Crippen LogP contribution in [-0.4, -0.2) is 15.7 Å². The molecule has 2 atom stereocenters. The van der Waals surface area contributed by atoms with Gasteiger partial charge in [-0.25, -0.2) is 0 Å². The molecule has 0 radical (unpaired) electrons. The first kappa shape index (κ1) is 16.9. The zero-order chi connectivity index (χ0) is 18.4. The molecular formula is C22H20N2OS2. The Morgan fingerprint density at radius 2 is 2.04 bits per heavy atom. The van der Waals surface area contributed by atoms with Gasteiger partial charge in [0.25, 0.3) is 0 Å². The van der Waals surface area contributed by atoms with Crippen molar-refractivity contribution in [2.45, 2.75) is 37.8 Å². The van der Waals surface area contributed by atoms with Crippen molar-refractivity contribution in [3.8, 4) is 5.88 Å². The maximum absolute atomic E-state index is 10.7. The lowest BCUT2D eigenvalue weighted by atomic mass is 9.96. The number of hydrogen-bond acceptors (Lipinski definition) is 4. The van der Waals surface area contributed by atoms with Gasteiger partial charge in [-0.15, -0.1) is 11.3 Å². The average Bonchev–Trinajstić information content (AvgIpc) is 3.33. The molecule has 1 saturated carbocycles. The molecule has 136 valence electrons. The molecule has 0 bridgehead atoms. The summed E-state index contributed by atoms with van der Waals surface area (Å²) in [5, 5.41) is 13.0. The van der Waals surface area contributed by atoms with Crippen molar-refractivity contribution in [3.05, 3.63) is 79.1 Å². The molecule has 2 heterocycles. The number of aromatic nitrogens is 1. The van der Waals surface area contributed by atoms with Gasteiger partial charge >= 0.3 is 0 Å². The highest BCUT2D eigenvalue weighted by Gasteiger charge is 2.32. The van der Waals surface area contributed by atoms with Crippen molar-refractivity contribution in [2.24, 2.45) is 4.99 Å². The van der Waals surface area contributed by atoms with Crippen LogP contribution in [0.4, 0.5) is 0 Å². The van der Waals surface area contributed by atoms with E-state index in [1.165, 1.54) is 36.2 Å². The second-order valence-corrected chi connectivity index (χ2v) is 9.00. The van der Waals surface area contributed by atoms with Crippen LogP contribution in [0.1, 0.15) is 41.2 Å². The summed E-state index contributed by atoms with van der Waals surface area (Å²) in [5.74, 6) is 0.834. The summed E-state index contributed by atoms with van der Waals surface area (Å²) in [7, 11) is 0. The van der Waals surface area contributed by atoms with Gasteiger partial charge in [0.1, 0.15) is 0 Å². The van der Waals surface area contributed by atoms with Crippen molar-refractivity contribution < 1.29 is 5.11 Å². The third-order valence-corrected chi connectivity index (χ3v) is 7.00. The van der Waals surface area contributed by atoms with Crippen LogP contribution >= 0.6 is 23.6 Å². The molecule has 1 aliphatic carbocycles. The molecule has 1 fully saturated rings. The number of rotatable bonds is 3. The third kappa shape index (κ3) is 3.05. The second-order valence-electron chi connectivity index (χ2n) is 7.32. The van der Waals surface area contributed by atoms with Crippen LogP contribution in [0.15, 0.2) is 53.5 Å². The lowest BCUT2D eigenvalue weighted by Crippen LogP contribution is -2.13. The van der Waals surface area contributed by atoms with Gasteiger partial charge in [0, 0.05) is 5.92 Å². The Morgan fingerprint density at radius 1 is 1.19 bits per heavy atom. The van der Waals surface area contributed by atoms with Crippen LogP contribution in [-0.2, 0) is 6.54 Å². The highest BCUT2D eigenvalue weighted by atomic mass is 32.1. The van der Waals surface area contributed by atoms with E-state index in [4.69, 9.17) is 17.2 Å². The fraction of sp³-hybridized carbons (Fsp3) is 0.273. The summed E-state index contributed by atoms with van der Waals surface area (Å²) in [5.41, 5.74) is 2.50. The number of hydrogen-bond donors (Lipinski definition) is 1. The first-order valence-electron chi connectivity index (χ1n) is 9.35. The predicted octanol–water partition coefficient (Wildman–Crippen LogP) is 4.13. The standard InChI is InChI=1S/C22H20N2OS2/c25-21-20(27-22(26)24(21)13-14-5-2-1-3-6-14)12-15-9-10-19-17(11-15)16-7-4-8-18(16)23-19/h1-3,5-6,9-12,16,18,25H,4,7-8,13H2/b15-12+. The molecule has 1 N–H and O–H groups in total. The number of benzene rings is 2. The van der Waals surface area contributed by atoms with Gasteiger partial charge < -0.3 is 5.11 Å². The van der Waals surface area contributed by atoms with Crippen molar-refractivity contribution >= 4 is 29.6 Å². The Hall–Kier alpha value is -2.24. The van der Waals surface area contributed by atoms with Crippen molar-refractivity contribution in [2.75, 3.05) is 0 Å². The third-order valence-electron chi connectivity index (χ3n) is 5.61. The lowest BCUT2D eigenvalue weighted by Gasteiger charge is -2.07. The summed E-state index contributed by atoms with van der Waals surface area (Å²) in [6.07, 6.45) is 5.77. The van der Waals surface area contributed by atoms with E-state index in [-0.39, 0.29) is 5.88 Å². The number of thiazole rings is 1. The lowest BCUT2D eigenvalue weighted by molar-refractivity contribution is 0.422. The summed E-state index contributed by atoms with van der Waals surface area (Å²) in [6.45, 7) is 0.586. The van der Waals surface area contributed by atoms with Crippen molar-refractivity contribution in [3.63, 3.8) is 0 Å². The SMILES string of the molecule is Oc1c(/C=c2\ccc3c(c2)C2CCCC2N=3)sc(=S)n1Cc1ccccc1. The van der Waals surface area contributed by atoms with E-state index >= 15 is 0 Å². The van der Waals surface area contributed by atoms with E-state index in [1.54, 1.807) is 4.57 Å². The van der Waals surface area contributed by atoms with Gasteiger partial charge in [-0.3, -0.25) is 9.56 Å². The molecule has 0 spiro atoms. The van der Waals surface area contributed by atoms with Crippen LogP contribution in [0.25, 0.3) is 6.08 Å². The molecule has 0 saturated heterocycles. The molecule has 2 aromatic carbocycles. The molecular weight excluding hydrogens is 372 g/mol. The average molecular weight is 393 g/mol. The van der Waals surface area contributed by atoms with Crippen LogP contribution in [0.5, 0.6) is 5.88 Å². The smallest absolute Gasteiger partial charge is 0.210 e. The quantitative estimate of drug-likeness (QED) is 0.681. The Balaban J connectivity index is 1.52. The highest BCUT2D eigenvalue weighted by Crippen LogP contribution is 2.37. The minimum atomic E-state index is 0.248. The van der Waals surface area contributed by atoms with Gasteiger partial charge in [-0.2, -0.15) is 0 Å². The maximum Gasteiger partial charge on any atom is 0.210 e. The summed E-state index contributed by atoms with van der Waals surface area (Å²) in [6, 6.07) is 17.0. The predicted molar refractivity (Wildman–Crippen MR) is 112 cm³/mol. The number of nitrogens with zero attached hydrogens (tertiary/aromatic N) is 2. The van der Waals surface area contributed by atoms with E-state index in [1.807, 2.05) is 36.4 Å². The molecule has 5 heteroatoms. The Bertz CT molecular complexity index is 1180. The molecule has 5 rings (SSSR count). The van der Waals surface area contributed by atoms with Crippen LogP contribution in [0, 0.1) is 3.95 Å². The van der Waals surface area contributed by atoms with Crippen LogP contribution in [0.2, 0.25) is 0 Å². The van der Waals surface area contributed by atoms with E-state index < -0.39 is 0 Å². The van der Waals surface area contributed by atoms with E-state index in [9.17, 15) is 5.11 Å². The minimum absolute atomic E-state index is 0.248. The van der Waals surface area contributed by atoms with Gasteiger partial charge in [-0.05, 0) is 59.6 Å². The van der Waals surface area contributed by atoms with Crippen LogP contribution < -0.4 is 10.6 Å². The Labute approximate surface area is 167 Å². The zero-order valence-electron chi connectivity index (χ0n) is 14.8. The molecule has 1 aliphatic heterocycles. The summed E-state index contributed by atoms with van der Waals surface area (Å²) < 4.78 is 2.49. The first-order valence-corrected chi connectivity index (χ1v) is 10.6. The molecule has 2 unspecified atom stereocenters. The Kier molecular flexibility index (Phi) is 4.21. The largest absolute Gasteiger partial charge is 0.493 e. The monoisotopic (exact) mass is 392 g/mol. The van der Waals surface area contributed by atoms with E-state index in [0.717, 1.165) is 21.0 Å². The van der Waals surface area contributed by atoms with E-state index in [0.29, 0.717) is 22.5 Å². The molecule has 0 amide bonds. The summed E-state index contributed by atoms with van der Waals surface area (Å²) >= 11 is 6.96. The van der Waals surface area contributed by atoms with Crippen molar-refractivity contribution in [1.29, 1.82) is 0 Å². The van der Waals surface area contributed by atoms with E-state index in [2.05, 4.69) is 18.2 Å². The Morgan fingerprint density at radius 3 is 2.89 bits per heavy atom. The van der Waals surface area contributed by atoms with Gasteiger partial charge in [-0.1, -0.05) is 42.8 Å². The number of aromatic hydroxyl groups is 1. The van der Waals surface area contributed by atoms with Crippen molar-refractivity contribution in [1.82, 2.24) is 4.57 Å². The second kappa shape index (κ2) is 6.73. The van der Waals surface area contributed by atoms with Gasteiger partial charge in [0.2, 0.25) is 5.88 Å². The summed E-state index contributed by atoms with van der Waals surface area (Å²) in [4.78, 5) is 5.68. The molecule has 1 aromatic heterocycles. The fourth-order valence-electron chi connectivity index (χ4n) is 4.28. The molecule has 3 nitrogen and oxygen atoms in total.